The van der Waals surface area contributed by atoms with Crippen LogP contribution in [-0.2, 0) is 4.79 Å². The van der Waals surface area contributed by atoms with Gasteiger partial charge in [-0.15, -0.1) is 0 Å². The van der Waals surface area contributed by atoms with Gasteiger partial charge >= 0.3 is 0 Å². The summed E-state index contributed by atoms with van der Waals surface area (Å²) in [6.07, 6.45) is 0. The van der Waals surface area contributed by atoms with Gasteiger partial charge in [-0.1, -0.05) is 18.2 Å². The van der Waals surface area contributed by atoms with E-state index in [0.717, 1.165) is 16.9 Å². The van der Waals surface area contributed by atoms with Gasteiger partial charge in [0, 0.05) is 11.3 Å². The summed E-state index contributed by atoms with van der Waals surface area (Å²) in [7, 11) is 1.61. The van der Waals surface area contributed by atoms with Crippen LogP contribution in [-0.4, -0.2) is 25.5 Å². The number of rotatable bonds is 5. The van der Waals surface area contributed by atoms with Crippen LogP contribution in [0.5, 0.6) is 5.75 Å². The van der Waals surface area contributed by atoms with Gasteiger partial charge in [0.05, 0.1) is 13.7 Å². The molecule has 2 aromatic rings. The van der Waals surface area contributed by atoms with Gasteiger partial charge in [0.2, 0.25) is 5.91 Å². The van der Waals surface area contributed by atoms with Crippen LogP contribution >= 0.6 is 0 Å². The predicted molar refractivity (Wildman–Crippen MR) is 89.9 cm³/mol. The van der Waals surface area contributed by atoms with E-state index in [-0.39, 0.29) is 18.4 Å². The molecule has 0 aliphatic carbocycles. The third kappa shape index (κ3) is 4.10. The van der Waals surface area contributed by atoms with Crippen molar-refractivity contribution in [3.8, 4) is 5.75 Å². The van der Waals surface area contributed by atoms with E-state index in [1.807, 2.05) is 19.9 Å². The lowest BCUT2D eigenvalue weighted by atomic mass is 10.1. The molecule has 2 rings (SSSR count). The molecule has 0 aliphatic rings. The van der Waals surface area contributed by atoms with Gasteiger partial charge < -0.3 is 15.4 Å². The maximum atomic E-state index is 12.0. The van der Waals surface area contributed by atoms with Gasteiger partial charge in [0.15, 0.2) is 0 Å². The predicted octanol–water partition coefficient (Wildman–Crippen LogP) is 2.68. The molecule has 0 saturated heterocycles. The van der Waals surface area contributed by atoms with E-state index in [4.69, 9.17) is 4.74 Å². The number of hydrogen-bond donors (Lipinski definition) is 2. The number of benzene rings is 2. The third-order valence-corrected chi connectivity index (χ3v) is 3.68. The SMILES string of the molecule is COc1ccc(NC(=O)CNC(=O)c2ccccc2)c(C)c1C. The number of methoxy groups -OCH3 is 1. The lowest BCUT2D eigenvalue weighted by Crippen LogP contribution is -2.33. The van der Waals surface area contributed by atoms with Crippen molar-refractivity contribution in [3.05, 3.63) is 59.2 Å². The molecule has 0 unspecified atom stereocenters. The quantitative estimate of drug-likeness (QED) is 0.892. The second kappa shape index (κ2) is 7.45. The van der Waals surface area contributed by atoms with Crippen molar-refractivity contribution in [3.63, 3.8) is 0 Å². The zero-order valence-corrected chi connectivity index (χ0v) is 13.5. The van der Waals surface area contributed by atoms with Crippen molar-refractivity contribution in [2.45, 2.75) is 13.8 Å². The van der Waals surface area contributed by atoms with Gasteiger partial charge in [0.25, 0.3) is 5.91 Å². The van der Waals surface area contributed by atoms with Crippen LogP contribution in [0.3, 0.4) is 0 Å². The Morgan fingerprint density at radius 2 is 1.70 bits per heavy atom. The topological polar surface area (TPSA) is 67.4 Å². The van der Waals surface area contributed by atoms with E-state index in [1.165, 1.54) is 0 Å². The molecule has 0 heterocycles. The highest BCUT2D eigenvalue weighted by molar-refractivity contribution is 5.99. The first-order valence-electron chi connectivity index (χ1n) is 7.30. The summed E-state index contributed by atoms with van der Waals surface area (Å²) in [5.41, 5.74) is 3.14. The normalized spacial score (nSPS) is 10.0. The van der Waals surface area contributed by atoms with Gasteiger partial charge in [-0.3, -0.25) is 9.59 Å². The van der Waals surface area contributed by atoms with Crippen LogP contribution in [0.4, 0.5) is 5.69 Å². The van der Waals surface area contributed by atoms with E-state index in [9.17, 15) is 9.59 Å². The van der Waals surface area contributed by atoms with Crippen LogP contribution in [0.25, 0.3) is 0 Å². The first-order chi connectivity index (χ1) is 11.0. The Kier molecular flexibility index (Phi) is 5.36. The fourth-order valence-electron chi connectivity index (χ4n) is 2.20. The molecular weight excluding hydrogens is 292 g/mol. The molecule has 5 heteroatoms. The first-order valence-corrected chi connectivity index (χ1v) is 7.30. The maximum Gasteiger partial charge on any atom is 0.251 e. The third-order valence-electron chi connectivity index (χ3n) is 3.68. The van der Waals surface area contributed by atoms with Gasteiger partial charge in [0.1, 0.15) is 5.75 Å². The number of nitrogens with one attached hydrogen (secondary N) is 2. The van der Waals surface area contributed by atoms with Crippen molar-refractivity contribution < 1.29 is 14.3 Å². The molecule has 0 atom stereocenters. The highest BCUT2D eigenvalue weighted by Gasteiger charge is 2.11. The summed E-state index contributed by atoms with van der Waals surface area (Å²) in [6, 6.07) is 12.4. The second-order valence-electron chi connectivity index (χ2n) is 5.16. The number of amides is 2. The lowest BCUT2D eigenvalue weighted by Gasteiger charge is -2.13. The smallest absolute Gasteiger partial charge is 0.251 e. The fourth-order valence-corrected chi connectivity index (χ4v) is 2.20. The standard InChI is InChI=1S/C18H20N2O3/c1-12-13(2)16(23-3)10-9-15(12)20-17(21)11-19-18(22)14-7-5-4-6-8-14/h4-10H,11H2,1-3H3,(H,19,22)(H,20,21). The van der Waals surface area contributed by atoms with E-state index in [1.54, 1.807) is 43.5 Å². The first kappa shape index (κ1) is 16.5. The molecule has 0 radical (unpaired) electrons. The number of ether oxygens (including phenoxy) is 1. The van der Waals surface area contributed by atoms with Crippen LogP contribution in [0.2, 0.25) is 0 Å². The summed E-state index contributed by atoms with van der Waals surface area (Å²) in [4.78, 5) is 23.9. The number of hydrogen-bond acceptors (Lipinski definition) is 3. The zero-order chi connectivity index (χ0) is 16.8. The molecule has 2 aromatic carbocycles. The highest BCUT2D eigenvalue weighted by atomic mass is 16.5. The molecule has 5 nitrogen and oxygen atoms in total. The molecule has 120 valence electrons. The Balaban J connectivity index is 1.95. The molecule has 2 N–H and O–H groups in total. The molecule has 0 spiro atoms. The monoisotopic (exact) mass is 312 g/mol. The van der Waals surface area contributed by atoms with Crippen LogP contribution in [0.15, 0.2) is 42.5 Å². The zero-order valence-electron chi connectivity index (χ0n) is 13.5. The van der Waals surface area contributed by atoms with Crippen molar-refractivity contribution in [1.29, 1.82) is 0 Å². The molecule has 0 bridgehead atoms. The summed E-state index contributed by atoms with van der Waals surface area (Å²) in [6.45, 7) is 3.76. The molecule has 0 fully saturated rings. The summed E-state index contributed by atoms with van der Waals surface area (Å²) in [5, 5.41) is 5.40. The molecule has 0 saturated carbocycles. The molecular formula is C18H20N2O3. The van der Waals surface area contributed by atoms with E-state index in [2.05, 4.69) is 10.6 Å². The average molecular weight is 312 g/mol. The molecule has 0 aliphatic heterocycles. The average Bonchev–Trinajstić information content (AvgIpc) is 2.58. The second-order valence-corrected chi connectivity index (χ2v) is 5.16. The van der Waals surface area contributed by atoms with Crippen molar-refractivity contribution in [1.82, 2.24) is 5.32 Å². The lowest BCUT2D eigenvalue weighted by molar-refractivity contribution is -0.115. The van der Waals surface area contributed by atoms with Crippen LogP contribution in [0, 0.1) is 13.8 Å². The van der Waals surface area contributed by atoms with Crippen molar-refractivity contribution in [2.24, 2.45) is 0 Å². The minimum absolute atomic E-state index is 0.0851. The Morgan fingerprint density at radius 1 is 1.00 bits per heavy atom. The Bertz CT molecular complexity index is 712. The fraction of sp³-hybridized carbons (Fsp3) is 0.222. The van der Waals surface area contributed by atoms with Gasteiger partial charge in [-0.2, -0.15) is 0 Å². The maximum absolute atomic E-state index is 12.0. The van der Waals surface area contributed by atoms with Crippen molar-refractivity contribution >= 4 is 17.5 Å². The number of anilines is 1. The minimum atomic E-state index is -0.276. The largest absolute Gasteiger partial charge is 0.496 e. The number of carbonyl (C=O) groups is 2. The van der Waals surface area contributed by atoms with E-state index >= 15 is 0 Å². The molecule has 23 heavy (non-hydrogen) atoms. The van der Waals surface area contributed by atoms with Crippen molar-refractivity contribution in [2.75, 3.05) is 19.0 Å². The Morgan fingerprint density at radius 3 is 2.35 bits per heavy atom. The minimum Gasteiger partial charge on any atom is -0.496 e. The molecule has 0 aromatic heterocycles. The Hall–Kier alpha value is -2.82. The number of carbonyl (C=O) groups excluding carboxylic acids is 2. The van der Waals surface area contributed by atoms with Gasteiger partial charge in [-0.05, 0) is 49.2 Å². The van der Waals surface area contributed by atoms with E-state index in [0.29, 0.717) is 11.3 Å². The molecule has 2 amide bonds. The highest BCUT2D eigenvalue weighted by Crippen LogP contribution is 2.27. The summed E-state index contributed by atoms with van der Waals surface area (Å²) < 4.78 is 5.24. The van der Waals surface area contributed by atoms with Crippen LogP contribution < -0.4 is 15.4 Å². The summed E-state index contributed by atoms with van der Waals surface area (Å²) in [5.74, 6) is 0.225. The van der Waals surface area contributed by atoms with Gasteiger partial charge in [-0.25, -0.2) is 0 Å². The Labute approximate surface area is 135 Å². The van der Waals surface area contributed by atoms with E-state index < -0.39 is 0 Å². The van der Waals surface area contributed by atoms with Crippen LogP contribution in [0.1, 0.15) is 21.5 Å². The summed E-state index contributed by atoms with van der Waals surface area (Å²) >= 11 is 0.